The largest absolute Gasteiger partial charge is 0.472 e. The first kappa shape index (κ1) is 26.3. The van der Waals surface area contributed by atoms with Crippen molar-refractivity contribution < 1.29 is 4.74 Å². The average Bonchev–Trinajstić information content (AvgIpc) is 3.58. The van der Waals surface area contributed by atoms with Gasteiger partial charge in [0.15, 0.2) is 5.60 Å². The van der Waals surface area contributed by atoms with Crippen molar-refractivity contribution in [2.24, 2.45) is 0 Å². The number of ether oxygens (including phenoxy) is 1. The maximum absolute atomic E-state index is 9.78. The van der Waals surface area contributed by atoms with E-state index in [1.165, 1.54) is 60.7 Å². The van der Waals surface area contributed by atoms with E-state index in [1.54, 1.807) is 0 Å². The lowest BCUT2D eigenvalue weighted by Gasteiger charge is -2.39. The zero-order chi connectivity index (χ0) is 31.5. The van der Waals surface area contributed by atoms with Gasteiger partial charge in [0.2, 0.25) is 0 Å². The molecular formula is C45H29NO. The van der Waals surface area contributed by atoms with Gasteiger partial charge in [-0.1, -0.05) is 135 Å². The van der Waals surface area contributed by atoms with E-state index in [2.05, 4.69) is 153 Å². The van der Waals surface area contributed by atoms with Crippen LogP contribution in [0.3, 0.4) is 0 Å². The Labute approximate surface area is 273 Å². The fourth-order valence-electron chi connectivity index (χ4n) is 8.78. The SMILES string of the molecule is CC1(C)c2cc(C#N)ccc2-c2c1c1c(c3ccccc23)OC(c2ccccc2)(c2ccc3c4c(cccc24)-c2ccccc2-3)C=C1. The zero-order valence-electron chi connectivity index (χ0n) is 26.1. The zero-order valence-corrected chi connectivity index (χ0v) is 26.1. The van der Waals surface area contributed by atoms with Crippen molar-refractivity contribution >= 4 is 27.6 Å². The summed E-state index contributed by atoms with van der Waals surface area (Å²) in [7, 11) is 0. The second-order valence-electron chi connectivity index (χ2n) is 13.5. The fraction of sp³-hybridized carbons (Fsp3) is 0.0889. The third kappa shape index (κ3) is 3.28. The van der Waals surface area contributed by atoms with Gasteiger partial charge < -0.3 is 4.74 Å². The highest BCUT2D eigenvalue weighted by molar-refractivity contribution is 6.16. The summed E-state index contributed by atoms with van der Waals surface area (Å²) in [4.78, 5) is 0. The number of hydrogen-bond donors (Lipinski definition) is 0. The summed E-state index contributed by atoms with van der Waals surface area (Å²) in [5.74, 6) is 0.902. The number of fused-ring (bicyclic) bond motifs is 11. The maximum atomic E-state index is 9.78. The smallest absolute Gasteiger partial charge is 0.178 e. The molecule has 220 valence electrons. The Morgan fingerprint density at radius 2 is 1.26 bits per heavy atom. The van der Waals surface area contributed by atoms with E-state index in [0.717, 1.165) is 27.8 Å². The molecule has 1 atom stereocenters. The molecule has 0 fully saturated rings. The molecular weight excluding hydrogens is 571 g/mol. The molecule has 0 bridgehead atoms. The summed E-state index contributed by atoms with van der Waals surface area (Å²) >= 11 is 0. The standard InChI is InChI=1S/C45H29NO/c1-44(2)39-25-27(26-46)19-20-36(39)41-32-15-8-9-16-34(32)43-37(42(41)44)23-24-45(47-43,28-11-4-3-5-12-28)38-22-21-33-30-14-7-6-13-29(30)31-17-10-18-35(38)40(31)33/h3-25H,1-2H3. The van der Waals surface area contributed by atoms with Crippen LogP contribution >= 0.6 is 0 Å². The summed E-state index contributed by atoms with van der Waals surface area (Å²) in [5, 5.41) is 14.5. The van der Waals surface area contributed by atoms with Crippen molar-refractivity contribution in [3.05, 3.63) is 167 Å². The lowest BCUT2D eigenvalue weighted by atomic mass is 9.76. The Balaban J connectivity index is 1.28. The first-order chi connectivity index (χ1) is 23.0. The van der Waals surface area contributed by atoms with Crippen LogP contribution in [0, 0.1) is 11.3 Å². The normalized spacial score (nSPS) is 17.5. The molecule has 7 aromatic carbocycles. The topological polar surface area (TPSA) is 33.0 Å². The molecule has 0 N–H and O–H groups in total. The summed E-state index contributed by atoms with van der Waals surface area (Å²) in [6.45, 7) is 4.56. The Morgan fingerprint density at radius 3 is 2.04 bits per heavy atom. The van der Waals surface area contributed by atoms with E-state index in [9.17, 15) is 5.26 Å². The van der Waals surface area contributed by atoms with Crippen molar-refractivity contribution in [2.75, 3.05) is 0 Å². The number of hydrogen-bond acceptors (Lipinski definition) is 2. The monoisotopic (exact) mass is 599 g/mol. The second-order valence-corrected chi connectivity index (χ2v) is 13.5. The quantitative estimate of drug-likeness (QED) is 0.198. The van der Waals surface area contributed by atoms with E-state index < -0.39 is 5.60 Å². The molecule has 7 aromatic rings. The van der Waals surface area contributed by atoms with Gasteiger partial charge >= 0.3 is 0 Å². The van der Waals surface area contributed by atoms with Crippen LogP contribution in [0.4, 0.5) is 0 Å². The van der Waals surface area contributed by atoms with Crippen LogP contribution < -0.4 is 4.74 Å². The van der Waals surface area contributed by atoms with Crippen molar-refractivity contribution in [2.45, 2.75) is 24.9 Å². The van der Waals surface area contributed by atoms with Crippen LogP contribution in [-0.4, -0.2) is 0 Å². The van der Waals surface area contributed by atoms with E-state index in [-0.39, 0.29) is 5.41 Å². The van der Waals surface area contributed by atoms with Gasteiger partial charge in [0.1, 0.15) is 5.75 Å². The van der Waals surface area contributed by atoms with Crippen LogP contribution in [0.1, 0.15) is 47.2 Å². The van der Waals surface area contributed by atoms with Gasteiger partial charge in [0, 0.05) is 27.5 Å². The van der Waals surface area contributed by atoms with Crippen LogP contribution in [-0.2, 0) is 11.0 Å². The third-order valence-corrected chi connectivity index (χ3v) is 10.8. The second kappa shape index (κ2) is 9.09. The molecule has 0 amide bonds. The minimum absolute atomic E-state index is 0.320. The molecule has 0 radical (unpaired) electrons. The summed E-state index contributed by atoms with van der Waals surface area (Å²) < 4.78 is 7.61. The Bertz CT molecular complexity index is 2550. The van der Waals surface area contributed by atoms with Gasteiger partial charge in [0.25, 0.3) is 0 Å². The summed E-state index contributed by atoms with van der Waals surface area (Å²) in [6, 6.07) is 47.8. The Hall–Kier alpha value is -5.91. The molecule has 0 aromatic heterocycles. The number of benzene rings is 7. The minimum atomic E-state index is -0.860. The van der Waals surface area contributed by atoms with Gasteiger partial charge in [-0.25, -0.2) is 0 Å². The van der Waals surface area contributed by atoms with E-state index >= 15 is 0 Å². The summed E-state index contributed by atoms with van der Waals surface area (Å²) in [5.41, 5.74) is 12.8. The highest BCUT2D eigenvalue weighted by Crippen LogP contribution is 2.59. The minimum Gasteiger partial charge on any atom is -0.472 e. The Kier molecular flexibility index (Phi) is 5.09. The highest BCUT2D eigenvalue weighted by Gasteiger charge is 2.45. The molecule has 0 saturated heterocycles. The molecule has 1 aliphatic heterocycles. The van der Waals surface area contributed by atoms with Crippen LogP contribution in [0.15, 0.2) is 133 Å². The molecule has 2 nitrogen and oxygen atoms in total. The molecule has 2 heteroatoms. The third-order valence-electron chi connectivity index (χ3n) is 10.8. The summed E-state index contributed by atoms with van der Waals surface area (Å²) in [6.07, 6.45) is 4.60. The lowest BCUT2D eigenvalue weighted by Crippen LogP contribution is -2.35. The number of nitriles is 1. The molecule has 1 unspecified atom stereocenters. The van der Waals surface area contributed by atoms with Crippen LogP contribution in [0.25, 0.3) is 61.0 Å². The molecule has 10 rings (SSSR count). The lowest BCUT2D eigenvalue weighted by molar-refractivity contribution is 0.165. The molecule has 0 saturated carbocycles. The number of rotatable bonds is 2. The predicted octanol–water partition coefficient (Wildman–Crippen LogP) is 11.2. The van der Waals surface area contributed by atoms with Gasteiger partial charge in [0.05, 0.1) is 11.6 Å². The highest BCUT2D eigenvalue weighted by atomic mass is 16.5. The predicted molar refractivity (Wildman–Crippen MR) is 191 cm³/mol. The molecule has 3 aliphatic rings. The van der Waals surface area contributed by atoms with Gasteiger partial charge in [-0.2, -0.15) is 5.26 Å². The molecule has 0 spiro atoms. The first-order valence-electron chi connectivity index (χ1n) is 16.3. The van der Waals surface area contributed by atoms with Crippen molar-refractivity contribution in [3.8, 4) is 45.2 Å². The Morgan fingerprint density at radius 1 is 0.596 bits per heavy atom. The average molecular weight is 600 g/mol. The van der Waals surface area contributed by atoms with Crippen molar-refractivity contribution in [3.63, 3.8) is 0 Å². The van der Waals surface area contributed by atoms with E-state index in [0.29, 0.717) is 5.56 Å². The van der Waals surface area contributed by atoms with Gasteiger partial charge in [-0.15, -0.1) is 0 Å². The molecule has 2 aliphatic carbocycles. The van der Waals surface area contributed by atoms with Crippen LogP contribution in [0.5, 0.6) is 5.75 Å². The van der Waals surface area contributed by atoms with Gasteiger partial charge in [-0.05, 0) is 78.9 Å². The van der Waals surface area contributed by atoms with E-state index in [1.807, 2.05) is 6.07 Å². The first-order valence-corrected chi connectivity index (χ1v) is 16.3. The maximum Gasteiger partial charge on any atom is 0.178 e. The van der Waals surface area contributed by atoms with E-state index in [4.69, 9.17) is 4.74 Å². The molecule has 47 heavy (non-hydrogen) atoms. The molecule has 1 heterocycles. The van der Waals surface area contributed by atoms with Crippen LogP contribution in [0.2, 0.25) is 0 Å². The fourth-order valence-corrected chi connectivity index (χ4v) is 8.78. The van der Waals surface area contributed by atoms with Crippen molar-refractivity contribution in [1.29, 1.82) is 5.26 Å². The van der Waals surface area contributed by atoms with Crippen molar-refractivity contribution in [1.82, 2.24) is 0 Å². The van der Waals surface area contributed by atoms with Gasteiger partial charge in [-0.3, -0.25) is 0 Å². The number of nitrogens with zero attached hydrogens (tertiary/aromatic N) is 1.